The second-order valence-corrected chi connectivity index (χ2v) is 8.16. The Morgan fingerprint density at radius 1 is 1.13 bits per heavy atom. The molecule has 1 aliphatic carbocycles. The predicted octanol–water partition coefficient (Wildman–Crippen LogP) is 4.06. The lowest BCUT2D eigenvalue weighted by atomic mass is 10.0. The summed E-state index contributed by atoms with van der Waals surface area (Å²) in [6, 6.07) is 14.3. The highest BCUT2D eigenvalue weighted by Gasteiger charge is 2.30. The van der Waals surface area contributed by atoms with Gasteiger partial charge in [-0.25, -0.2) is 0 Å². The smallest absolute Gasteiger partial charge is 0.253 e. The van der Waals surface area contributed by atoms with Crippen molar-refractivity contribution in [2.24, 2.45) is 0 Å². The standard InChI is InChI=1S/C24H28N4O2/c1-4-23(29)25-19-10-11-20(14-19)28(3)24(30)17-7-5-16(6-8-17)18-9-12-22-21(13-18)15(2)26-27-22/h5-9,12-13,19-20H,4,10-11,14H2,1-3H3,(H,25,29)(H,26,27). The van der Waals surface area contributed by atoms with E-state index in [-0.39, 0.29) is 23.9 Å². The van der Waals surface area contributed by atoms with Gasteiger partial charge in [-0.05, 0) is 61.6 Å². The molecule has 2 aromatic carbocycles. The van der Waals surface area contributed by atoms with Gasteiger partial charge in [-0.1, -0.05) is 25.1 Å². The van der Waals surface area contributed by atoms with Gasteiger partial charge in [0.1, 0.15) is 0 Å². The molecule has 0 radical (unpaired) electrons. The molecule has 2 amide bonds. The maximum atomic E-state index is 13.0. The third-order valence-corrected chi connectivity index (χ3v) is 6.17. The molecule has 6 heteroatoms. The molecule has 3 aromatic rings. The fourth-order valence-corrected chi connectivity index (χ4v) is 4.26. The van der Waals surface area contributed by atoms with Gasteiger partial charge in [0.15, 0.2) is 0 Å². The first-order valence-corrected chi connectivity index (χ1v) is 10.6. The van der Waals surface area contributed by atoms with Crippen molar-refractivity contribution in [1.29, 1.82) is 0 Å². The largest absolute Gasteiger partial charge is 0.353 e. The number of H-pyrrole nitrogens is 1. The first kappa shape index (κ1) is 20.1. The van der Waals surface area contributed by atoms with Crippen molar-refractivity contribution in [2.45, 2.75) is 51.6 Å². The molecule has 1 fully saturated rings. The average molecular weight is 405 g/mol. The second kappa shape index (κ2) is 8.30. The zero-order valence-electron chi connectivity index (χ0n) is 17.7. The Morgan fingerprint density at radius 2 is 1.87 bits per heavy atom. The van der Waals surface area contributed by atoms with Crippen molar-refractivity contribution in [3.05, 3.63) is 53.7 Å². The molecule has 0 aliphatic heterocycles. The van der Waals surface area contributed by atoms with Crippen LogP contribution in [-0.4, -0.2) is 46.0 Å². The average Bonchev–Trinajstić information content (AvgIpc) is 3.39. The van der Waals surface area contributed by atoms with E-state index in [9.17, 15) is 9.59 Å². The number of carbonyl (C=O) groups is 2. The third kappa shape index (κ3) is 3.95. The van der Waals surface area contributed by atoms with E-state index in [0.717, 1.165) is 47.0 Å². The Hall–Kier alpha value is -3.15. The molecule has 0 bridgehead atoms. The monoisotopic (exact) mass is 404 g/mol. The maximum absolute atomic E-state index is 13.0. The molecular weight excluding hydrogens is 376 g/mol. The van der Waals surface area contributed by atoms with Crippen molar-refractivity contribution in [2.75, 3.05) is 7.05 Å². The molecule has 0 saturated heterocycles. The van der Waals surface area contributed by atoms with Crippen LogP contribution in [0.5, 0.6) is 0 Å². The Bertz CT molecular complexity index is 1070. The Labute approximate surface area is 176 Å². The van der Waals surface area contributed by atoms with Gasteiger partial charge in [0.2, 0.25) is 5.91 Å². The highest BCUT2D eigenvalue weighted by Crippen LogP contribution is 2.27. The summed E-state index contributed by atoms with van der Waals surface area (Å²) in [5, 5.41) is 11.4. The van der Waals surface area contributed by atoms with Gasteiger partial charge in [-0.15, -0.1) is 0 Å². The van der Waals surface area contributed by atoms with Crippen molar-refractivity contribution >= 4 is 22.7 Å². The number of nitrogens with one attached hydrogen (secondary N) is 2. The van der Waals surface area contributed by atoms with Crippen LogP contribution >= 0.6 is 0 Å². The quantitative estimate of drug-likeness (QED) is 0.673. The summed E-state index contributed by atoms with van der Waals surface area (Å²) in [5.41, 5.74) is 4.85. The fourth-order valence-electron chi connectivity index (χ4n) is 4.26. The molecule has 1 saturated carbocycles. The number of hydrogen-bond acceptors (Lipinski definition) is 3. The molecule has 0 spiro atoms. The number of amides is 2. The predicted molar refractivity (Wildman–Crippen MR) is 118 cm³/mol. The van der Waals surface area contributed by atoms with Crippen LogP contribution in [-0.2, 0) is 4.79 Å². The number of aromatic nitrogens is 2. The lowest BCUT2D eigenvalue weighted by molar-refractivity contribution is -0.121. The molecule has 1 aliphatic rings. The van der Waals surface area contributed by atoms with Crippen LogP contribution in [0.3, 0.4) is 0 Å². The molecule has 1 heterocycles. The molecule has 2 atom stereocenters. The number of fused-ring (bicyclic) bond motifs is 1. The Balaban J connectivity index is 1.44. The molecule has 30 heavy (non-hydrogen) atoms. The Kier molecular flexibility index (Phi) is 5.57. The van der Waals surface area contributed by atoms with E-state index in [0.29, 0.717) is 12.0 Å². The minimum absolute atomic E-state index is 0.0233. The number of benzene rings is 2. The van der Waals surface area contributed by atoms with Crippen molar-refractivity contribution in [3.8, 4) is 11.1 Å². The summed E-state index contributed by atoms with van der Waals surface area (Å²) in [6.07, 6.45) is 3.15. The van der Waals surface area contributed by atoms with Gasteiger partial charge >= 0.3 is 0 Å². The number of hydrogen-bond donors (Lipinski definition) is 2. The normalized spacial score (nSPS) is 18.5. The van der Waals surface area contributed by atoms with Gasteiger partial charge < -0.3 is 10.2 Å². The van der Waals surface area contributed by atoms with Crippen LogP contribution in [0, 0.1) is 6.92 Å². The summed E-state index contributed by atoms with van der Waals surface area (Å²) in [5.74, 6) is 0.101. The number of aryl methyl sites for hydroxylation is 1. The van der Waals surface area contributed by atoms with E-state index in [1.54, 1.807) is 0 Å². The van der Waals surface area contributed by atoms with Crippen LogP contribution < -0.4 is 5.32 Å². The highest BCUT2D eigenvalue weighted by molar-refractivity contribution is 5.95. The van der Waals surface area contributed by atoms with Crippen LogP contribution in [0.25, 0.3) is 22.0 Å². The number of rotatable bonds is 5. The minimum atomic E-state index is 0.0233. The molecule has 156 valence electrons. The Morgan fingerprint density at radius 3 is 2.60 bits per heavy atom. The molecular formula is C24H28N4O2. The summed E-state index contributed by atoms with van der Waals surface area (Å²) in [7, 11) is 1.86. The number of carbonyl (C=O) groups excluding carboxylic acids is 2. The van der Waals surface area contributed by atoms with Gasteiger partial charge in [0.05, 0.1) is 5.52 Å². The van der Waals surface area contributed by atoms with E-state index in [1.165, 1.54) is 0 Å². The number of aromatic amines is 1. The molecule has 1 aromatic heterocycles. The minimum Gasteiger partial charge on any atom is -0.353 e. The first-order chi connectivity index (χ1) is 14.5. The van der Waals surface area contributed by atoms with Gasteiger partial charge in [0, 0.05) is 42.2 Å². The van der Waals surface area contributed by atoms with Crippen LogP contribution in [0.1, 0.15) is 48.7 Å². The van der Waals surface area contributed by atoms with E-state index >= 15 is 0 Å². The lowest BCUT2D eigenvalue weighted by Gasteiger charge is -2.25. The molecule has 2 unspecified atom stereocenters. The zero-order valence-corrected chi connectivity index (χ0v) is 17.7. The van der Waals surface area contributed by atoms with E-state index in [4.69, 9.17) is 0 Å². The van der Waals surface area contributed by atoms with Crippen molar-refractivity contribution in [1.82, 2.24) is 20.4 Å². The summed E-state index contributed by atoms with van der Waals surface area (Å²) < 4.78 is 0. The number of nitrogens with zero attached hydrogens (tertiary/aromatic N) is 2. The summed E-state index contributed by atoms with van der Waals surface area (Å²) in [6.45, 7) is 3.87. The van der Waals surface area contributed by atoms with Gasteiger partial charge in [0.25, 0.3) is 5.91 Å². The molecule has 4 rings (SSSR count). The molecule has 6 nitrogen and oxygen atoms in total. The van der Waals surface area contributed by atoms with E-state index in [2.05, 4.69) is 27.6 Å². The van der Waals surface area contributed by atoms with Gasteiger partial charge in [-0.2, -0.15) is 5.10 Å². The SMILES string of the molecule is CCC(=O)NC1CCC(N(C)C(=O)c2ccc(-c3ccc4n[nH]c(C)c4c3)cc2)C1. The summed E-state index contributed by atoms with van der Waals surface area (Å²) in [4.78, 5) is 26.4. The van der Waals surface area contributed by atoms with Crippen LogP contribution in [0.4, 0.5) is 0 Å². The van der Waals surface area contributed by atoms with Crippen molar-refractivity contribution < 1.29 is 9.59 Å². The van der Waals surface area contributed by atoms with Crippen molar-refractivity contribution in [3.63, 3.8) is 0 Å². The summed E-state index contributed by atoms with van der Waals surface area (Å²) >= 11 is 0. The highest BCUT2D eigenvalue weighted by atomic mass is 16.2. The van der Waals surface area contributed by atoms with E-state index in [1.807, 2.05) is 56.1 Å². The topological polar surface area (TPSA) is 78.1 Å². The van der Waals surface area contributed by atoms with Gasteiger partial charge in [-0.3, -0.25) is 14.7 Å². The third-order valence-electron chi connectivity index (χ3n) is 6.17. The fraction of sp³-hybridized carbons (Fsp3) is 0.375. The first-order valence-electron chi connectivity index (χ1n) is 10.6. The van der Waals surface area contributed by atoms with E-state index < -0.39 is 0 Å². The van der Waals surface area contributed by atoms with Crippen LogP contribution in [0.15, 0.2) is 42.5 Å². The second-order valence-electron chi connectivity index (χ2n) is 8.16. The lowest BCUT2D eigenvalue weighted by Crippen LogP contribution is -2.38. The van der Waals surface area contributed by atoms with Crippen LogP contribution in [0.2, 0.25) is 0 Å². The molecule has 2 N–H and O–H groups in total. The zero-order chi connectivity index (χ0) is 21.3. The maximum Gasteiger partial charge on any atom is 0.253 e.